The van der Waals surface area contributed by atoms with Gasteiger partial charge in [-0.25, -0.2) is 0 Å². The number of thioether (sulfide) groups is 1. The molecule has 1 amide bonds. The molecule has 0 aromatic rings. The molecule has 1 rings (SSSR count). The first-order valence-electron chi connectivity index (χ1n) is 6.39. The topological polar surface area (TPSA) is 46.3 Å². The van der Waals surface area contributed by atoms with E-state index in [0.717, 1.165) is 18.8 Å². The van der Waals surface area contributed by atoms with Crippen molar-refractivity contribution in [3.63, 3.8) is 0 Å². The van der Waals surface area contributed by atoms with Crippen molar-refractivity contribution in [2.24, 2.45) is 17.1 Å². The van der Waals surface area contributed by atoms with Crippen molar-refractivity contribution < 1.29 is 4.79 Å². The van der Waals surface area contributed by atoms with Gasteiger partial charge in [0.2, 0.25) is 5.91 Å². The minimum absolute atomic E-state index is 0. The highest BCUT2D eigenvalue weighted by Gasteiger charge is 2.34. The van der Waals surface area contributed by atoms with E-state index in [9.17, 15) is 4.79 Å². The maximum atomic E-state index is 12.3. The second kappa shape index (κ2) is 7.01. The Bertz CT molecular complexity index is 279. The van der Waals surface area contributed by atoms with E-state index in [-0.39, 0.29) is 23.7 Å². The van der Waals surface area contributed by atoms with Gasteiger partial charge >= 0.3 is 0 Å². The average molecular weight is 295 g/mol. The lowest BCUT2D eigenvalue weighted by Gasteiger charge is -2.38. The summed E-state index contributed by atoms with van der Waals surface area (Å²) in [6.07, 6.45) is 0. The second-order valence-electron chi connectivity index (χ2n) is 6.28. The van der Waals surface area contributed by atoms with Crippen molar-refractivity contribution in [2.75, 3.05) is 18.8 Å². The molecule has 0 spiro atoms. The Labute approximate surface area is 122 Å². The van der Waals surface area contributed by atoms with Crippen LogP contribution in [0.15, 0.2) is 0 Å². The molecule has 5 heteroatoms. The van der Waals surface area contributed by atoms with Gasteiger partial charge in [0.25, 0.3) is 0 Å². The van der Waals surface area contributed by atoms with E-state index in [2.05, 4.69) is 13.8 Å². The number of amides is 1. The van der Waals surface area contributed by atoms with E-state index < -0.39 is 6.04 Å². The maximum absolute atomic E-state index is 12.3. The SMILES string of the molecule is CC(C)C1CN(C(=O)[C@@H](N)C(C)(C)C)CCS1.Cl. The normalized spacial score (nSPS) is 22.6. The molecule has 0 radical (unpaired) electrons. The quantitative estimate of drug-likeness (QED) is 0.850. The maximum Gasteiger partial charge on any atom is 0.240 e. The molecule has 0 aromatic carbocycles. The molecule has 2 atom stereocenters. The van der Waals surface area contributed by atoms with Crippen molar-refractivity contribution in [2.45, 2.75) is 45.9 Å². The molecule has 2 N–H and O–H groups in total. The summed E-state index contributed by atoms with van der Waals surface area (Å²) in [5.41, 5.74) is 5.89. The molecule has 1 unspecified atom stereocenters. The van der Waals surface area contributed by atoms with E-state index in [0.29, 0.717) is 11.2 Å². The Kier molecular flexibility index (Phi) is 7.04. The van der Waals surface area contributed by atoms with E-state index in [4.69, 9.17) is 5.73 Å². The summed E-state index contributed by atoms with van der Waals surface area (Å²) >= 11 is 1.98. The summed E-state index contributed by atoms with van der Waals surface area (Å²) in [5.74, 6) is 1.76. The van der Waals surface area contributed by atoms with Gasteiger partial charge in [0.15, 0.2) is 0 Å². The summed E-state index contributed by atoms with van der Waals surface area (Å²) in [7, 11) is 0. The number of nitrogens with two attached hydrogens (primary N) is 1. The fraction of sp³-hybridized carbons (Fsp3) is 0.923. The lowest BCUT2D eigenvalue weighted by atomic mass is 9.86. The van der Waals surface area contributed by atoms with Crippen LogP contribution < -0.4 is 5.73 Å². The number of carbonyl (C=O) groups excluding carboxylic acids is 1. The largest absolute Gasteiger partial charge is 0.339 e. The monoisotopic (exact) mass is 294 g/mol. The first-order chi connectivity index (χ1) is 7.73. The van der Waals surface area contributed by atoms with Gasteiger partial charge in [-0.05, 0) is 11.3 Å². The average Bonchev–Trinajstić information content (AvgIpc) is 2.26. The molecule has 0 bridgehead atoms. The second-order valence-corrected chi connectivity index (χ2v) is 7.63. The molecule has 1 heterocycles. The first-order valence-corrected chi connectivity index (χ1v) is 7.44. The van der Waals surface area contributed by atoms with Crippen LogP contribution in [-0.4, -0.2) is 40.9 Å². The smallest absolute Gasteiger partial charge is 0.240 e. The third kappa shape index (κ3) is 4.63. The fourth-order valence-electron chi connectivity index (χ4n) is 1.85. The first kappa shape index (κ1) is 18.1. The number of hydrogen-bond donors (Lipinski definition) is 1. The van der Waals surface area contributed by atoms with Gasteiger partial charge in [-0.1, -0.05) is 34.6 Å². The third-order valence-corrected chi connectivity index (χ3v) is 4.89. The van der Waals surface area contributed by atoms with E-state index in [1.807, 2.05) is 37.4 Å². The molecule has 1 aliphatic rings. The highest BCUT2D eigenvalue weighted by atomic mass is 35.5. The molecule has 0 aromatic heterocycles. The van der Waals surface area contributed by atoms with Gasteiger partial charge in [-0.3, -0.25) is 4.79 Å². The Morgan fingerprint density at radius 3 is 2.39 bits per heavy atom. The van der Waals surface area contributed by atoms with Gasteiger partial charge in [0.05, 0.1) is 6.04 Å². The number of carbonyl (C=O) groups is 1. The third-order valence-electron chi connectivity index (χ3n) is 3.35. The predicted molar refractivity (Wildman–Crippen MR) is 82.3 cm³/mol. The Balaban J connectivity index is 0.00000289. The van der Waals surface area contributed by atoms with E-state index in [1.165, 1.54) is 0 Å². The van der Waals surface area contributed by atoms with Crippen molar-refractivity contribution in [3.05, 3.63) is 0 Å². The lowest BCUT2D eigenvalue weighted by Crippen LogP contribution is -2.54. The van der Waals surface area contributed by atoms with Crippen LogP contribution in [0.5, 0.6) is 0 Å². The molecule has 1 saturated heterocycles. The van der Waals surface area contributed by atoms with Gasteiger partial charge in [0.1, 0.15) is 0 Å². The van der Waals surface area contributed by atoms with Crippen LogP contribution >= 0.6 is 24.2 Å². The number of halogens is 1. The van der Waals surface area contributed by atoms with Crippen LogP contribution in [0, 0.1) is 11.3 Å². The molecule has 0 saturated carbocycles. The molecular formula is C13H27ClN2OS. The van der Waals surface area contributed by atoms with Crippen LogP contribution in [0.1, 0.15) is 34.6 Å². The summed E-state index contributed by atoms with van der Waals surface area (Å²) in [6, 6.07) is -0.390. The van der Waals surface area contributed by atoms with Crippen molar-refractivity contribution in [3.8, 4) is 0 Å². The lowest BCUT2D eigenvalue weighted by molar-refractivity contribution is -0.134. The van der Waals surface area contributed by atoms with Crippen LogP contribution in [0.2, 0.25) is 0 Å². The molecule has 108 valence electrons. The van der Waals surface area contributed by atoms with Crippen LogP contribution in [0.25, 0.3) is 0 Å². The minimum Gasteiger partial charge on any atom is -0.339 e. The van der Waals surface area contributed by atoms with Gasteiger partial charge in [0, 0.05) is 24.1 Å². The number of nitrogens with zero attached hydrogens (tertiary/aromatic N) is 1. The molecule has 0 aliphatic carbocycles. The van der Waals surface area contributed by atoms with Crippen molar-refractivity contribution >= 4 is 30.1 Å². The number of hydrogen-bond acceptors (Lipinski definition) is 3. The summed E-state index contributed by atoms with van der Waals surface area (Å²) in [6.45, 7) is 12.2. The van der Waals surface area contributed by atoms with Crippen LogP contribution in [0.3, 0.4) is 0 Å². The molecule has 1 aliphatic heterocycles. The zero-order chi connectivity index (χ0) is 13.2. The molecular weight excluding hydrogens is 268 g/mol. The van der Waals surface area contributed by atoms with Crippen molar-refractivity contribution in [1.82, 2.24) is 4.90 Å². The standard InChI is InChI=1S/C13H26N2OS.ClH/c1-9(2)10-8-15(6-7-17-10)12(16)11(14)13(3,4)5;/h9-11H,6-8,14H2,1-5H3;1H/t10?,11-;/m1./s1. The van der Waals surface area contributed by atoms with Gasteiger partial charge in [-0.15, -0.1) is 12.4 Å². The Morgan fingerprint density at radius 2 is 1.94 bits per heavy atom. The summed E-state index contributed by atoms with van der Waals surface area (Å²) < 4.78 is 0. The summed E-state index contributed by atoms with van der Waals surface area (Å²) in [5, 5.41) is 0.555. The number of rotatable bonds is 2. The van der Waals surface area contributed by atoms with Crippen molar-refractivity contribution in [1.29, 1.82) is 0 Å². The highest BCUT2D eigenvalue weighted by molar-refractivity contribution is 8.00. The Morgan fingerprint density at radius 1 is 1.39 bits per heavy atom. The van der Waals surface area contributed by atoms with Gasteiger partial charge in [-0.2, -0.15) is 11.8 Å². The van der Waals surface area contributed by atoms with Gasteiger partial charge < -0.3 is 10.6 Å². The fourth-order valence-corrected chi connectivity index (χ4v) is 3.14. The van der Waals surface area contributed by atoms with E-state index in [1.54, 1.807) is 0 Å². The minimum atomic E-state index is -0.390. The summed E-state index contributed by atoms with van der Waals surface area (Å²) in [4.78, 5) is 14.3. The molecule has 1 fully saturated rings. The zero-order valence-corrected chi connectivity index (χ0v) is 13.7. The molecule has 3 nitrogen and oxygen atoms in total. The Hall–Kier alpha value is 0.0700. The zero-order valence-electron chi connectivity index (χ0n) is 12.1. The van der Waals surface area contributed by atoms with Crippen LogP contribution in [0.4, 0.5) is 0 Å². The molecule has 18 heavy (non-hydrogen) atoms. The highest BCUT2D eigenvalue weighted by Crippen LogP contribution is 2.27. The predicted octanol–water partition coefficient (Wildman–Crippen LogP) is 2.38. The van der Waals surface area contributed by atoms with Crippen LogP contribution in [-0.2, 0) is 4.79 Å². The van der Waals surface area contributed by atoms with E-state index >= 15 is 0 Å².